The second-order valence-electron chi connectivity index (χ2n) is 6.76. The van der Waals surface area contributed by atoms with Crippen molar-refractivity contribution in [1.29, 1.82) is 5.26 Å². The molecule has 3 aromatic rings. The summed E-state index contributed by atoms with van der Waals surface area (Å²) in [5.41, 5.74) is 6.52. The molecule has 1 amide bonds. The first-order valence-electron chi connectivity index (χ1n) is 9.62. The van der Waals surface area contributed by atoms with E-state index >= 15 is 0 Å². The summed E-state index contributed by atoms with van der Waals surface area (Å²) in [6.45, 7) is 4.10. The third-order valence-electron chi connectivity index (χ3n) is 4.17. The van der Waals surface area contributed by atoms with Gasteiger partial charge in [0.2, 0.25) is 0 Å². The number of aromatic nitrogens is 2. The van der Waals surface area contributed by atoms with Crippen molar-refractivity contribution < 1.29 is 9.53 Å². The number of hydrogen-bond donors (Lipinski definition) is 1. The molecular formula is C23H20IN5O2S. The highest BCUT2D eigenvalue weighted by Crippen LogP contribution is 2.23. The second-order valence-corrected chi connectivity index (χ2v) is 8.87. The van der Waals surface area contributed by atoms with Crippen LogP contribution in [0.15, 0.2) is 58.8 Å². The van der Waals surface area contributed by atoms with Gasteiger partial charge in [-0.25, -0.2) is 15.4 Å². The van der Waals surface area contributed by atoms with Crippen molar-refractivity contribution in [3.63, 3.8) is 0 Å². The molecule has 1 heterocycles. The number of nitrogens with zero attached hydrogens (tertiary/aromatic N) is 4. The molecule has 9 heteroatoms. The van der Waals surface area contributed by atoms with Crippen molar-refractivity contribution in [1.82, 2.24) is 15.4 Å². The molecule has 1 aromatic heterocycles. The standard InChI is InChI=1S/C23H20IN5O2S/c1-15-9-16(2)28-23(27-15)32-14-22(30)29-26-12-17-7-8-21(20(24)10-17)31-13-19-6-4-3-5-18(19)11-25/h3-10,12H,13-14H2,1-2H3,(H,29,30)/b26-12-. The van der Waals surface area contributed by atoms with Crippen LogP contribution in [0.1, 0.15) is 28.1 Å². The fourth-order valence-corrected chi connectivity index (χ4v) is 4.16. The smallest absolute Gasteiger partial charge is 0.250 e. The molecule has 3 rings (SSSR count). The number of amides is 1. The van der Waals surface area contributed by atoms with Gasteiger partial charge in [-0.1, -0.05) is 30.0 Å². The first-order valence-corrected chi connectivity index (χ1v) is 11.7. The minimum atomic E-state index is -0.236. The van der Waals surface area contributed by atoms with Gasteiger partial charge < -0.3 is 4.74 Å². The van der Waals surface area contributed by atoms with Crippen LogP contribution in [0, 0.1) is 28.7 Å². The number of aryl methyl sites for hydroxylation is 2. The fraction of sp³-hybridized carbons (Fsp3) is 0.174. The summed E-state index contributed by atoms with van der Waals surface area (Å²) in [4.78, 5) is 20.6. The van der Waals surface area contributed by atoms with E-state index < -0.39 is 0 Å². The molecule has 0 unspecified atom stereocenters. The molecule has 0 spiro atoms. The number of rotatable bonds is 8. The predicted octanol–water partition coefficient (Wildman–Crippen LogP) is 4.39. The van der Waals surface area contributed by atoms with Crippen LogP contribution < -0.4 is 10.2 Å². The lowest BCUT2D eigenvalue weighted by atomic mass is 10.1. The van der Waals surface area contributed by atoms with Gasteiger partial charge in [0, 0.05) is 17.0 Å². The number of halogens is 1. The van der Waals surface area contributed by atoms with Crippen molar-refractivity contribution in [3.8, 4) is 11.8 Å². The maximum absolute atomic E-state index is 12.0. The summed E-state index contributed by atoms with van der Waals surface area (Å²) < 4.78 is 6.76. The molecule has 0 aliphatic heterocycles. The maximum Gasteiger partial charge on any atom is 0.250 e. The molecule has 0 aliphatic carbocycles. The van der Waals surface area contributed by atoms with Crippen LogP contribution in [0.3, 0.4) is 0 Å². The van der Waals surface area contributed by atoms with Gasteiger partial charge in [0.1, 0.15) is 12.4 Å². The summed E-state index contributed by atoms with van der Waals surface area (Å²) in [6.07, 6.45) is 1.58. The number of thioether (sulfide) groups is 1. The molecule has 32 heavy (non-hydrogen) atoms. The van der Waals surface area contributed by atoms with Gasteiger partial charge in [-0.2, -0.15) is 10.4 Å². The van der Waals surface area contributed by atoms with Crippen molar-refractivity contribution in [2.24, 2.45) is 5.10 Å². The first-order chi connectivity index (χ1) is 15.4. The predicted molar refractivity (Wildman–Crippen MR) is 133 cm³/mol. The van der Waals surface area contributed by atoms with Crippen molar-refractivity contribution in [3.05, 3.63) is 80.2 Å². The highest BCUT2D eigenvalue weighted by Gasteiger charge is 2.07. The quantitative estimate of drug-likeness (QED) is 0.145. The number of carbonyl (C=O) groups is 1. The van der Waals surface area contributed by atoms with Crippen LogP contribution in [0.5, 0.6) is 5.75 Å². The van der Waals surface area contributed by atoms with E-state index in [1.54, 1.807) is 12.3 Å². The Labute approximate surface area is 204 Å². The summed E-state index contributed by atoms with van der Waals surface area (Å²) in [6, 6.07) is 17.0. The summed E-state index contributed by atoms with van der Waals surface area (Å²) in [5, 5.41) is 13.8. The van der Waals surface area contributed by atoms with E-state index in [0.717, 1.165) is 26.1 Å². The number of hydrazone groups is 1. The van der Waals surface area contributed by atoms with E-state index in [9.17, 15) is 10.1 Å². The minimum Gasteiger partial charge on any atom is -0.488 e. The zero-order valence-corrected chi connectivity index (χ0v) is 20.5. The van der Waals surface area contributed by atoms with Gasteiger partial charge in [0.05, 0.1) is 27.2 Å². The Bertz CT molecular complexity index is 1170. The van der Waals surface area contributed by atoms with E-state index in [-0.39, 0.29) is 11.7 Å². The number of benzene rings is 2. The molecule has 0 atom stereocenters. The number of nitrogens with one attached hydrogen (secondary N) is 1. The SMILES string of the molecule is Cc1cc(C)nc(SCC(=O)N/N=C\c2ccc(OCc3ccccc3C#N)c(I)c2)n1. The molecular weight excluding hydrogens is 537 g/mol. The highest BCUT2D eigenvalue weighted by molar-refractivity contribution is 14.1. The topological polar surface area (TPSA) is 100 Å². The van der Waals surface area contributed by atoms with Crippen molar-refractivity contribution >= 4 is 46.5 Å². The fourth-order valence-electron chi connectivity index (χ4n) is 2.72. The Morgan fingerprint density at radius 1 is 1.22 bits per heavy atom. The Morgan fingerprint density at radius 3 is 2.69 bits per heavy atom. The lowest BCUT2D eigenvalue weighted by Gasteiger charge is -2.10. The monoisotopic (exact) mass is 557 g/mol. The molecule has 162 valence electrons. The van der Waals surface area contributed by atoms with Crippen LogP contribution in [0.4, 0.5) is 0 Å². The third-order valence-corrected chi connectivity index (χ3v) is 5.86. The summed E-state index contributed by atoms with van der Waals surface area (Å²) in [7, 11) is 0. The van der Waals surface area contributed by atoms with Crippen LogP contribution >= 0.6 is 34.4 Å². The van der Waals surface area contributed by atoms with Gasteiger partial charge in [0.25, 0.3) is 5.91 Å². The van der Waals surface area contributed by atoms with E-state index in [2.05, 4.69) is 49.2 Å². The van der Waals surface area contributed by atoms with Crippen LogP contribution in [-0.2, 0) is 11.4 Å². The average molecular weight is 557 g/mol. The van der Waals surface area contributed by atoms with Gasteiger partial charge in [-0.15, -0.1) is 0 Å². The Morgan fingerprint density at radius 2 is 1.97 bits per heavy atom. The van der Waals surface area contributed by atoms with Crippen LogP contribution in [0.25, 0.3) is 0 Å². The number of hydrogen-bond acceptors (Lipinski definition) is 7. The van der Waals surface area contributed by atoms with Gasteiger partial charge in [-0.3, -0.25) is 4.79 Å². The molecule has 2 aromatic carbocycles. The average Bonchev–Trinajstić information content (AvgIpc) is 2.77. The molecule has 0 radical (unpaired) electrons. The van der Waals surface area contributed by atoms with E-state index in [4.69, 9.17) is 4.74 Å². The zero-order valence-electron chi connectivity index (χ0n) is 17.5. The van der Waals surface area contributed by atoms with E-state index in [1.807, 2.05) is 56.3 Å². The maximum atomic E-state index is 12.0. The lowest BCUT2D eigenvalue weighted by molar-refractivity contribution is -0.118. The second kappa shape index (κ2) is 11.6. The molecule has 0 saturated heterocycles. The third kappa shape index (κ3) is 7.03. The van der Waals surface area contributed by atoms with Crippen molar-refractivity contribution in [2.75, 3.05) is 5.75 Å². The lowest BCUT2D eigenvalue weighted by Crippen LogP contribution is -2.19. The molecule has 0 saturated carbocycles. The van der Waals surface area contributed by atoms with Gasteiger partial charge in [0.15, 0.2) is 5.16 Å². The van der Waals surface area contributed by atoms with Crippen LogP contribution in [0.2, 0.25) is 0 Å². The highest BCUT2D eigenvalue weighted by atomic mass is 127. The summed E-state index contributed by atoms with van der Waals surface area (Å²) >= 11 is 3.45. The van der Waals surface area contributed by atoms with Crippen molar-refractivity contribution in [2.45, 2.75) is 25.6 Å². The van der Waals surface area contributed by atoms with Gasteiger partial charge >= 0.3 is 0 Å². The molecule has 1 N–H and O–H groups in total. The van der Waals surface area contributed by atoms with E-state index in [1.165, 1.54) is 11.8 Å². The number of carbonyl (C=O) groups excluding carboxylic acids is 1. The first kappa shape index (κ1) is 23.7. The Kier molecular flexibility index (Phi) is 8.58. The van der Waals surface area contributed by atoms with Crippen LogP contribution in [-0.4, -0.2) is 27.8 Å². The number of ether oxygens (including phenoxy) is 1. The Hall–Kier alpha value is -2.97. The number of nitriles is 1. The Balaban J connectivity index is 1.51. The molecule has 0 aliphatic rings. The zero-order chi connectivity index (χ0) is 22.9. The molecule has 7 nitrogen and oxygen atoms in total. The van der Waals surface area contributed by atoms with E-state index in [0.29, 0.717) is 23.1 Å². The van der Waals surface area contributed by atoms with Gasteiger partial charge in [-0.05, 0) is 72.3 Å². The normalized spacial score (nSPS) is 10.7. The molecule has 0 bridgehead atoms. The largest absolute Gasteiger partial charge is 0.488 e. The minimum absolute atomic E-state index is 0.175. The summed E-state index contributed by atoms with van der Waals surface area (Å²) in [5.74, 6) is 0.651. The molecule has 0 fully saturated rings.